The van der Waals surface area contributed by atoms with Crippen molar-refractivity contribution < 1.29 is 9.84 Å². The van der Waals surface area contributed by atoms with E-state index in [4.69, 9.17) is 16.3 Å². The van der Waals surface area contributed by atoms with Crippen molar-refractivity contribution in [2.45, 2.75) is 13.5 Å². The van der Waals surface area contributed by atoms with Crippen LogP contribution in [0.4, 0.5) is 11.5 Å². The molecule has 162 valence electrons. The topological polar surface area (TPSA) is 90.0 Å². The minimum atomic E-state index is 0.0276. The lowest BCUT2D eigenvalue weighted by molar-refractivity contribution is 0.278. The first-order valence-electron chi connectivity index (χ1n) is 10.1. The molecule has 0 amide bonds. The van der Waals surface area contributed by atoms with Gasteiger partial charge < -0.3 is 24.3 Å². The average molecular weight is 449 g/mol. The molecule has 0 aliphatic carbocycles. The number of fused-ring (bicyclic) bond motifs is 2. The molecule has 0 aliphatic rings. The van der Waals surface area contributed by atoms with Crippen molar-refractivity contribution in [2.24, 2.45) is 7.05 Å². The van der Waals surface area contributed by atoms with Crippen LogP contribution in [0.3, 0.4) is 0 Å². The van der Waals surface area contributed by atoms with Crippen LogP contribution >= 0.6 is 11.6 Å². The molecule has 8 nitrogen and oxygen atoms in total. The van der Waals surface area contributed by atoms with Gasteiger partial charge in [0.2, 0.25) is 0 Å². The Balaban J connectivity index is 1.40. The summed E-state index contributed by atoms with van der Waals surface area (Å²) in [6.45, 7) is 2.45. The van der Waals surface area contributed by atoms with E-state index >= 15 is 0 Å². The number of hydrogen-bond acceptors (Lipinski definition) is 6. The smallest absolute Gasteiger partial charge is 0.158 e. The highest BCUT2D eigenvalue weighted by molar-refractivity contribution is 6.32. The fraction of sp³-hybridized carbons (Fsp3) is 0.174. The molecule has 0 saturated heterocycles. The van der Waals surface area contributed by atoms with Gasteiger partial charge in [0.15, 0.2) is 5.82 Å². The van der Waals surface area contributed by atoms with Crippen molar-refractivity contribution in [1.82, 2.24) is 24.1 Å². The van der Waals surface area contributed by atoms with Crippen molar-refractivity contribution in [1.29, 1.82) is 0 Å². The Kier molecular flexibility index (Phi) is 5.16. The van der Waals surface area contributed by atoms with Gasteiger partial charge in [-0.1, -0.05) is 11.6 Å². The van der Waals surface area contributed by atoms with Crippen LogP contribution < -0.4 is 10.1 Å². The molecule has 5 aromatic rings. The van der Waals surface area contributed by atoms with E-state index in [1.54, 1.807) is 6.07 Å². The molecule has 5 rings (SSSR count). The first kappa shape index (κ1) is 20.3. The maximum Gasteiger partial charge on any atom is 0.158 e. The number of aromatic nitrogens is 5. The van der Waals surface area contributed by atoms with Crippen LogP contribution in [0.15, 0.2) is 55.0 Å². The number of aryl methyl sites for hydroxylation is 2. The first-order valence-corrected chi connectivity index (χ1v) is 10.5. The number of aliphatic hydroxyl groups is 1. The number of nitrogens with zero attached hydrogens (tertiary/aromatic N) is 5. The maximum atomic E-state index is 9.32. The van der Waals surface area contributed by atoms with E-state index in [0.717, 1.165) is 33.6 Å². The molecule has 0 spiro atoms. The second-order valence-electron chi connectivity index (χ2n) is 7.43. The van der Waals surface area contributed by atoms with Crippen LogP contribution in [0.5, 0.6) is 11.5 Å². The summed E-state index contributed by atoms with van der Waals surface area (Å²) in [6, 6.07) is 13.1. The molecule has 0 saturated carbocycles. The van der Waals surface area contributed by atoms with Gasteiger partial charge >= 0.3 is 0 Å². The highest BCUT2D eigenvalue weighted by Crippen LogP contribution is 2.34. The van der Waals surface area contributed by atoms with Gasteiger partial charge in [-0.2, -0.15) is 0 Å². The molecule has 0 atom stereocenters. The molecule has 3 aromatic heterocycles. The van der Waals surface area contributed by atoms with Gasteiger partial charge in [0.25, 0.3) is 0 Å². The number of anilines is 2. The zero-order valence-corrected chi connectivity index (χ0v) is 18.3. The number of ether oxygens (including phenoxy) is 1. The third-order valence-corrected chi connectivity index (χ3v) is 5.68. The van der Waals surface area contributed by atoms with Gasteiger partial charge in [-0.25, -0.2) is 15.0 Å². The van der Waals surface area contributed by atoms with Crippen LogP contribution in [0, 0.1) is 6.92 Å². The van der Waals surface area contributed by atoms with Crippen molar-refractivity contribution in [3.63, 3.8) is 0 Å². The number of hydrogen-bond donors (Lipinski definition) is 2. The predicted molar refractivity (Wildman–Crippen MR) is 125 cm³/mol. The fourth-order valence-electron chi connectivity index (χ4n) is 3.71. The Morgan fingerprint density at radius 2 is 1.97 bits per heavy atom. The molecule has 2 N–H and O–H groups in total. The van der Waals surface area contributed by atoms with Crippen molar-refractivity contribution in [2.75, 3.05) is 11.9 Å². The summed E-state index contributed by atoms with van der Waals surface area (Å²) < 4.78 is 9.96. The molecule has 9 heteroatoms. The van der Waals surface area contributed by atoms with E-state index in [1.807, 2.05) is 65.7 Å². The summed E-state index contributed by atoms with van der Waals surface area (Å²) in [7, 11) is 1.99. The van der Waals surface area contributed by atoms with Crippen LogP contribution in [-0.4, -0.2) is 35.8 Å². The molecule has 0 unspecified atom stereocenters. The van der Waals surface area contributed by atoms with Crippen LogP contribution in [0.2, 0.25) is 5.02 Å². The van der Waals surface area contributed by atoms with E-state index in [1.165, 1.54) is 6.33 Å². The molecule has 2 aromatic carbocycles. The van der Waals surface area contributed by atoms with E-state index in [0.29, 0.717) is 28.9 Å². The summed E-state index contributed by atoms with van der Waals surface area (Å²) in [4.78, 5) is 13.2. The molecular weight excluding hydrogens is 428 g/mol. The minimum Gasteiger partial charge on any atom is -0.456 e. The highest BCUT2D eigenvalue weighted by Gasteiger charge is 2.12. The number of halogens is 1. The molecular formula is C23H21ClN6O2. The molecule has 0 radical (unpaired) electrons. The third-order valence-electron chi connectivity index (χ3n) is 5.39. The Labute approximate surface area is 189 Å². The summed E-state index contributed by atoms with van der Waals surface area (Å²) in [5.41, 5.74) is 4.28. The second-order valence-corrected chi connectivity index (χ2v) is 7.84. The number of nitrogens with one attached hydrogen (secondary N) is 1. The highest BCUT2D eigenvalue weighted by atomic mass is 35.5. The van der Waals surface area contributed by atoms with E-state index in [2.05, 4.69) is 20.3 Å². The largest absolute Gasteiger partial charge is 0.456 e. The van der Waals surface area contributed by atoms with Crippen molar-refractivity contribution in [3.8, 4) is 11.5 Å². The summed E-state index contributed by atoms with van der Waals surface area (Å²) in [5.74, 6) is 2.78. The van der Waals surface area contributed by atoms with Gasteiger partial charge in [-0.15, -0.1) is 0 Å². The van der Waals surface area contributed by atoms with Crippen LogP contribution in [-0.2, 0) is 13.6 Å². The van der Waals surface area contributed by atoms with Gasteiger partial charge in [0.05, 0.1) is 28.2 Å². The Hall–Kier alpha value is -3.62. The molecule has 0 aliphatic heterocycles. The number of rotatable bonds is 6. The predicted octanol–water partition coefficient (Wildman–Crippen LogP) is 4.81. The lowest BCUT2D eigenvalue weighted by Gasteiger charge is -2.12. The standard InChI is InChI=1S/C23H21ClN6O2/c1-14-27-19-12-16(4-5-20(19)29(14)2)32-21-6-3-15(11-17(21)24)28-23-22-18(25-13-26-23)7-8-30(22)9-10-31/h3-8,11-13,31H,9-10H2,1-2H3,(H,25,26,28). The van der Waals surface area contributed by atoms with Crippen LogP contribution in [0.1, 0.15) is 5.82 Å². The van der Waals surface area contributed by atoms with Gasteiger partial charge in [0.1, 0.15) is 29.2 Å². The van der Waals surface area contributed by atoms with Crippen molar-refractivity contribution in [3.05, 3.63) is 65.8 Å². The zero-order valence-electron chi connectivity index (χ0n) is 17.6. The average Bonchev–Trinajstić information content (AvgIpc) is 3.31. The fourth-order valence-corrected chi connectivity index (χ4v) is 3.93. The van der Waals surface area contributed by atoms with Crippen molar-refractivity contribution >= 4 is 45.2 Å². The Morgan fingerprint density at radius 1 is 1.09 bits per heavy atom. The minimum absolute atomic E-state index is 0.0276. The zero-order chi connectivity index (χ0) is 22.2. The van der Waals surface area contributed by atoms with E-state index < -0.39 is 0 Å². The summed E-state index contributed by atoms with van der Waals surface area (Å²) in [5, 5.41) is 13.1. The molecule has 0 bridgehead atoms. The monoisotopic (exact) mass is 448 g/mol. The quantitative estimate of drug-likeness (QED) is 0.387. The van der Waals surface area contributed by atoms with E-state index in [9.17, 15) is 5.11 Å². The van der Waals surface area contributed by atoms with E-state index in [-0.39, 0.29) is 6.61 Å². The Bertz CT molecular complexity index is 1440. The number of benzene rings is 2. The summed E-state index contributed by atoms with van der Waals surface area (Å²) in [6.07, 6.45) is 3.38. The lowest BCUT2D eigenvalue weighted by atomic mass is 10.2. The van der Waals surface area contributed by atoms with Gasteiger partial charge in [-0.3, -0.25) is 0 Å². The maximum absolute atomic E-state index is 9.32. The lowest BCUT2D eigenvalue weighted by Crippen LogP contribution is -2.04. The van der Waals surface area contributed by atoms with Crippen LogP contribution in [0.25, 0.3) is 22.1 Å². The van der Waals surface area contributed by atoms with Gasteiger partial charge in [-0.05, 0) is 43.3 Å². The molecule has 3 heterocycles. The second kappa shape index (κ2) is 8.14. The number of imidazole rings is 1. The third kappa shape index (κ3) is 3.63. The number of aliphatic hydroxyl groups excluding tert-OH is 1. The first-order chi connectivity index (χ1) is 15.5. The molecule has 0 fully saturated rings. The van der Waals surface area contributed by atoms with Gasteiger partial charge in [0, 0.05) is 31.5 Å². The Morgan fingerprint density at radius 3 is 2.78 bits per heavy atom. The molecule has 32 heavy (non-hydrogen) atoms. The summed E-state index contributed by atoms with van der Waals surface area (Å²) >= 11 is 6.52. The SMILES string of the molecule is Cc1nc2cc(Oc3ccc(Nc4ncnc5ccn(CCO)c45)cc3Cl)ccc2n1C. The normalized spacial score (nSPS) is 11.4.